The summed E-state index contributed by atoms with van der Waals surface area (Å²) in [5, 5.41) is 2.75. The molecule has 0 aromatic heterocycles. The van der Waals surface area contributed by atoms with Crippen LogP contribution in [-0.2, 0) is 11.3 Å². The van der Waals surface area contributed by atoms with Gasteiger partial charge in [-0.25, -0.2) is 4.39 Å². The number of anilines is 1. The molecule has 2 aromatic carbocycles. The summed E-state index contributed by atoms with van der Waals surface area (Å²) in [5.41, 5.74) is 2.90. The van der Waals surface area contributed by atoms with E-state index in [0.717, 1.165) is 38.5 Å². The van der Waals surface area contributed by atoms with E-state index in [9.17, 15) is 9.18 Å². The molecule has 27 heavy (non-hydrogen) atoms. The molecule has 5 nitrogen and oxygen atoms in total. The van der Waals surface area contributed by atoms with E-state index in [0.29, 0.717) is 12.2 Å². The molecule has 0 atom stereocenters. The summed E-state index contributed by atoms with van der Waals surface area (Å²) in [6, 6.07) is 12.2. The summed E-state index contributed by atoms with van der Waals surface area (Å²) in [7, 11) is 1.70. The predicted molar refractivity (Wildman–Crippen MR) is 104 cm³/mol. The first-order valence-electron chi connectivity index (χ1n) is 9.17. The maximum atomic E-state index is 13.2. The molecule has 0 aliphatic carbocycles. The smallest absolute Gasteiger partial charge is 0.238 e. The number of ether oxygens (including phenoxy) is 1. The molecule has 144 valence electrons. The van der Waals surface area contributed by atoms with Gasteiger partial charge in [0.2, 0.25) is 5.91 Å². The fraction of sp³-hybridized carbons (Fsp3) is 0.381. The number of halogens is 1. The number of benzene rings is 2. The van der Waals surface area contributed by atoms with Gasteiger partial charge in [-0.3, -0.25) is 14.6 Å². The van der Waals surface area contributed by atoms with Crippen molar-refractivity contribution in [2.45, 2.75) is 13.5 Å². The average molecular weight is 371 g/mol. The van der Waals surface area contributed by atoms with Crippen LogP contribution in [0.15, 0.2) is 42.5 Å². The number of piperazine rings is 1. The highest BCUT2D eigenvalue weighted by Crippen LogP contribution is 2.22. The van der Waals surface area contributed by atoms with E-state index in [2.05, 4.69) is 34.2 Å². The lowest BCUT2D eigenvalue weighted by atomic mass is 10.1. The topological polar surface area (TPSA) is 44.8 Å². The highest BCUT2D eigenvalue weighted by molar-refractivity contribution is 5.92. The Morgan fingerprint density at radius 1 is 1.11 bits per heavy atom. The zero-order valence-corrected chi connectivity index (χ0v) is 15.9. The van der Waals surface area contributed by atoms with Crippen LogP contribution < -0.4 is 10.1 Å². The summed E-state index contributed by atoms with van der Waals surface area (Å²) in [4.78, 5) is 16.7. The molecule has 1 aliphatic heterocycles. The molecular weight excluding hydrogens is 345 g/mol. The number of amides is 1. The van der Waals surface area contributed by atoms with Crippen LogP contribution in [0.1, 0.15) is 11.1 Å². The molecular formula is C21H26FN3O2. The molecule has 0 saturated carbocycles. The first-order chi connectivity index (χ1) is 13.0. The minimum absolute atomic E-state index is 0.116. The van der Waals surface area contributed by atoms with E-state index in [1.807, 2.05) is 6.07 Å². The Morgan fingerprint density at radius 3 is 2.56 bits per heavy atom. The van der Waals surface area contributed by atoms with Crippen LogP contribution in [-0.4, -0.2) is 55.5 Å². The van der Waals surface area contributed by atoms with Crippen LogP contribution in [0.3, 0.4) is 0 Å². The van der Waals surface area contributed by atoms with Crippen molar-refractivity contribution in [1.82, 2.24) is 9.80 Å². The van der Waals surface area contributed by atoms with Crippen molar-refractivity contribution in [3.05, 3.63) is 59.4 Å². The number of hydrogen-bond donors (Lipinski definition) is 1. The van der Waals surface area contributed by atoms with Crippen molar-refractivity contribution >= 4 is 11.6 Å². The van der Waals surface area contributed by atoms with Gasteiger partial charge >= 0.3 is 0 Å². The van der Waals surface area contributed by atoms with Crippen molar-refractivity contribution in [2.24, 2.45) is 0 Å². The van der Waals surface area contributed by atoms with E-state index < -0.39 is 0 Å². The molecule has 1 amide bonds. The lowest BCUT2D eigenvalue weighted by Gasteiger charge is -2.34. The number of rotatable bonds is 6. The Hall–Kier alpha value is -2.44. The Balaban J connectivity index is 1.47. The second kappa shape index (κ2) is 8.97. The summed E-state index contributed by atoms with van der Waals surface area (Å²) in [6.45, 7) is 6.68. The van der Waals surface area contributed by atoms with E-state index in [1.54, 1.807) is 19.2 Å². The number of carbonyl (C=O) groups excluding carboxylic acids is 1. The van der Waals surface area contributed by atoms with Crippen molar-refractivity contribution in [1.29, 1.82) is 0 Å². The first-order valence-corrected chi connectivity index (χ1v) is 9.17. The summed E-state index contributed by atoms with van der Waals surface area (Å²) >= 11 is 0. The summed E-state index contributed by atoms with van der Waals surface area (Å²) in [6.07, 6.45) is 0. The van der Waals surface area contributed by atoms with Crippen molar-refractivity contribution in [3.63, 3.8) is 0 Å². The normalized spacial score (nSPS) is 15.5. The minimum atomic E-state index is -0.354. The number of aryl methyl sites for hydroxylation is 1. The molecule has 1 N–H and O–H groups in total. The summed E-state index contributed by atoms with van der Waals surface area (Å²) in [5.74, 6) is 0.444. The monoisotopic (exact) mass is 371 g/mol. The Labute approximate surface area is 159 Å². The van der Waals surface area contributed by atoms with Gasteiger partial charge in [0.15, 0.2) is 0 Å². The summed E-state index contributed by atoms with van der Waals surface area (Å²) < 4.78 is 18.7. The average Bonchev–Trinajstić information content (AvgIpc) is 2.63. The molecule has 1 fully saturated rings. The maximum Gasteiger partial charge on any atom is 0.238 e. The van der Waals surface area contributed by atoms with E-state index in [4.69, 9.17) is 4.74 Å². The molecule has 0 radical (unpaired) electrons. The number of methoxy groups -OCH3 is 1. The van der Waals surface area contributed by atoms with Gasteiger partial charge in [0, 0.05) is 44.0 Å². The minimum Gasteiger partial charge on any atom is -0.496 e. The molecule has 1 aliphatic rings. The van der Waals surface area contributed by atoms with Crippen LogP contribution in [0, 0.1) is 12.7 Å². The number of hydrogen-bond acceptors (Lipinski definition) is 4. The van der Waals surface area contributed by atoms with Gasteiger partial charge in [0.05, 0.1) is 13.7 Å². The molecule has 0 unspecified atom stereocenters. The van der Waals surface area contributed by atoms with Crippen LogP contribution in [0.2, 0.25) is 0 Å². The largest absolute Gasteiger partial charge is 0.496 e. The van der Waals surface area contributed by atoms with Gasteiger partial charge in [-0.2, -0.15) is 0 Å². The SMILES string of the molecule is COc1ccc(C)cc1CN1CCN(CC(=O)Nc2cccc(F)c2)CC1. The highest BCUT2D eigenvalue weighted by Gasteiger charge is 2.20. The van der Waals surface area contributed by atoms with E-state index in [1.165, 1.54) is 23.3 Å². The fourth-order valence-corrected chi connectivity index (χ4v) is 3.35. The molecule has 3 rings (SSSR count). The van der Waals surface area contributed by atoms with Crippen molar-refractivity contribution < 1.29 is 13.9 Å². The van der Waals surface area contributed by atoms with Crippen LogP contribution >= 0.6 is 0 Å². The fourth-order valence-electron chi connectivity index (χ4n) is 3.35. The quantitative estimate of drug-likeness (QED) is 0.848. The van der Waals surface area contributed by atoms with Crippen LogP contribution in [0.5, 0.6) is 5.75 Å². The maximum absolute atomic E-state index is 13.2. The van der Waals surface area contributed by atoms with Gasteiger partial charge in [-0.05, 0) is 31.2 Å². The number of nitrogens with one attached hydrogen (secondary N) is 1. The Kier molecular flexibility index (Phi) is 6.42. The van der Waals surface area contributed by atoms with Gasteiger partial charge in [0.25, 0.3) is 0 Å². The third kappa shape index (κ3) is 5.52. The molecule has 1 saturated heterocycles. The second-order valence-corrected chi connectivity index (χ2v) is 6.93. The molecule has 0 bridgehead atoms. The third-order valence-corrected chi connectivity index (χ3v) is 4.77. The van der Waals surface area contributed by atoms with Crippen LogP contribution in [0.4, 0.5) is 10.1 Å². The van der Waals surface area contributed by atoms with Crippen molar-refractivity contribution in [2.75, 3.05) is 45.2 Å². The lowest BCUT2D eigenvalue weighted by molar-refractivity contribution is -0.117. The second-order valence-electron chi connectivity index (χ2n) is 6.93. The predicted octanol–water partition coefficient (Wildman–Crippen LogP) is 2.90. The zero-order valence-electron chi connectivity index (χ0n) is 15.9. The number of nitrogens with zero attached hydrogens (tertiary/aromatic N) is 2. The van der Waals surface area contributed by atoms with E-state index >= 15 is 0 Å². The third-order valence-electron chi connectivity index (χ3n) is 4.77. The highest BCUT2D eigenvalue weighted by atomic mass is 19.1. The zero-order chi connectivity index (χ0) is 19.2. The van der Waals surface area contributed by atoms with Gasteiger partial charge in [0.1, 0.15) is 11.6 Å². The van der Waals surface area contributed by atoms with Crippen LogP contribution in [0.25, 0.3) is 0 Å². The molecule has 0 spiro atoms. The lowest BCUT2D eigenvalue weighted by Crippen LogP contribution is -2.48. The van der Waals surface area contributed by atoms with Crippen molar-refractivity contribution in [3.8, 4) is 5.75 Å². The number of carbonyl (C=O) groups is 1. The molecule has 6 heteroatoms. The first kappa shape index (κ1) is 19.3. The molecule has 1 heterocycles. The molecule has 2 aromatic rings. The Bertz CT molecular complexity index is 789. The standard InChI is InChI=1S/C21H26FN3O2/c1-16-6-7-20(27-2)17(12-16)14-24-8-10-25(11-9-24)15-21(26)23-19-5-3-4-18(22)13-19/h3-7,12-13H,8-11,14-15H2,1-2H3,(H,23,26). The van der Waals surface area contributed by atoms with Gasteiger partial charge in [-0.15, -0.1) is 0 Å². The van der Waals surface area contributed by atoms with Gasteiger partial charge in [-0.1, -0.05) is 23.8 Å². The Morgan fingerprint density at radius 2 is 1.85 bits per heavy atom. The van der Waals surface area contributed by atoms with Gasteiger partial charge < -0.3 is 10.1 Å². The van der Waals surface area contributed by atoms with E-state index in [-0.39, 0.29) is 11.7 Å².